The summed E-state index contributed by atoms with van der Waals surface area (Å²) in [7, 11) is 1.38. The molecule has 4 nitrogen and oxygen atoms in total. The van der Waals surface area contributed by atoms with E-state index in [1.165, 1.54) is 19.2 Å². The van der Waals surface area contributed by atoms with Crippen LogP contribution in [0.3, 0.4) is 0 Å². The van der Waals surface area contributed by atoms with Crippen LogP contribution in [0.1, 0.15) is 23.7 Å². The number of halogens is 1. The van der Waals surface area contributed by atoms with Crippen molar-refractivity contribution in [2.45, 2.75) is 13.3 Å². The third kappa shape index (κ3) is 4.34. The fourth-order valence-electron chi connectivity index (χ4n) is 1.69. The number of likely N-dealkylation sites (N-methyl/N-ethyl adjacent to an activating group) is 1. The van der Waals surface area contributed by atoms with Crippen molar-refractivity contribution in [1.82, 2.24) is 4.90 Å². The first-order valence-electron chi connectivity index (χ1n) is 6.08. The quantitative estimate of drug-likeness (QED) is 0.709. The average molecular weight is 264 g/mol. The normalized spacial score (nSPS) is 10.3. The van der Waals surface area contributed by atoms with E-state index < -0.39 is 5.82 Å². The molecule has 102 valence electrons. The lowest BCUT2D eigenvalue weighted by Crippen LogP contribution is -2.30. The Morgan fingerprint density at radius 2 is 2.26 bits per heavy atom. The van der Waals surface area contributed by atoms with E-state index in [1.54, 1.807) is 6.07 Å². The molecule has 19 heavy (non-hydrogen) atoms. The molecule has 0 radical (unpaired) electrons. The Morgan fingerprint density at radius 3 is 2.79 bits per heavy atom. The number of methoxy groups -OCH3 is 1. The summed E-state index contributed by atoms with van der Waals surface area (Å²) in [5.41, 5.74) is 0.314. The van der Waals surface area contributed by atoms with Crippen molar-refractivity contribution in [3.63, 3.8) is 0 Å². The maximum atomic E-state index is 13.5. The zero-order valence-electron chi connectivity index (χ0n) is 11.1. The van der Waals surface area contributed by atoms with Crippen LogP contribution >= 0.6 is 0 Å². The van der Waals surface area contributed by atoms with E-state index in [4.69, 9.17) is 10.00 Å². The van der Waals surface area contributed by atoms with Gasteiger partial charge in [-0.05, 0) is 24.7 Å². The first kappa shape index (κ1) is 15.1. The summed E-state index contributed by atoms with van der Waals surface area (Å²) in [6.45, 7) is 3.31. The van der Waals surface area contributed by atoms with Crippen molar-refractivity contribution < 1.29 is 13.9 Å². The van der Waals surface area contributed by atoms with Gasteiger partial charge in [0.2, 0.25) is 0 Å². The van der Waals surface area contributed by atoms with Crippen LogP contribution < -0.4 is 4.74 Å². The highest BCUT2D eigenvalue weighted by Crippen LogP contribution is 2.18. The zero-order chi connectivity index (χ0) is 14.3. The summed E-state index contributed by atoms with van der Waals surface area (Å²) in [5.74, 6) is -0.594. The summed E-state index contributed by atoms with van der Waals surface area (Å²) in [5, 5.41) is 8.53. The molecule has 0 bridgehead atoms. The number of carbonyl (C=O) groups excluding carboxylic acids is 1. The molecule has 0 spiro atoms. The molecular formula is C14H17FN2O2. The number of nitriles is 1. The highest BCUT2D eigenvalue weighted by Gasteiger charge is 2.13. The Labute approximate surface area is 112 Å². The number of hydrogen-bond donors (Lipinski definition) is 0. The molecule has 0 saturated carbocycles. The summed E-state index contributed by atoms with van der Waals surface area (Å²) in [6.07, 6.45) is 0.373. The van der Waals surface area contributed by atoms with Crippen LogP contribution in [0.4, 0.5) is 4.39 Å². The van der Waals surface area contributed by atoms with Crippen LogP contribution in [0.15, 0.2) is 18.2 Å². The van der Waals surface area contributed by atoms with E-state index in [1.807, 2.05) is 17.9 Å². The van der Waals surface area contributed by atoms with Crippen molar-refractivity contribution in [3.8, 4) is 11.8 Å². The highest BCUT2D eigenvalue weighted by atomic mass is 19.1. The van der Waals surface area contributed by atoms with Gasteiger partial charge in [0.05, 0.1) is 19.7 Å². The van der Waals surface area contributed by atoms with Gasteiger partial charge in [0.1, 0.15) is 0 Å². The number of ketones is 1. The summed E-state index contributed by atoms with van der Waals surface area (Å²) in [6, 6.07) is 6.20. The summed E-state index contributed by atoms with van der Waals surface area (Å²) in [4.78, 5) is 13.9. The lowest BCUT2D eigenvalue weighted by molar-refractivity contribution is 0.0935. The monoisotopic (exact) mass is 264 g/mol. The Balaban J connectivity index is 2.72. The number of rotatable bonds is 7. The van der Waals surface area contributed by atoms with E-state index in [9.17, 15) is 9.18 Å². The fourth-order valence-corrected chi connectivity index (χ4v) is 1.69. The van der Waals surface area contributed by atoms with Crippen LogP contribution in [0, 0.1) is 17.1 Å². The zero-order valence-corrected chi connectivity index (χ0v) is 11.1. The van der Waals surface area contributed by atoms with E-state index in [-0.39, 0.29) is 18.1 Å². The molecule has 0 aliphatic heterocycles. The van der Waals surface area contributed by atoms with Gasteiger partial charge in [-0.1, -0.05) is 6.92 Å². The van der Waals surface area contributed by atoms with Gasteiger partial charge in [-0.25, -0.2) is 4.39 Å². The Hall–Kier alpha value is -1.93. The van der Waals surface area contributed by atoms with Gasteiger partial charge in [-0.3, -0.25) is 9.69 Å². The standard InChI is InChI=1S/C14H17FN2O2/c1-3-17(8-4-7-16)10-13(18)11-5-6-14(19-2)12(15)9-11/h5-6,9H,3-4,8,10H2,1-2H3. The minimum Gasteiger partial charge on any atom is -0.494 e. The maximum absolute atomic E-state index is 13.5. The molecule has 0 saturated heterocycles. The van der Waals surface area contributed by atoms with Gasteiger partial charge in [0.25, 0.3) is 0 Å². The van der Waals surface area contributed by atoms with Gasteiger partial charge in [-0.2, -0.15) is 5.26 Å². The number of benzene rings is 1. The molecule has 0 aliphatic carbocycles. The average Bonchev–Trinajstić information content (AvgIpc) is 2.43. The van der Waals surface area contributed by atoms with Crippen LogP contribution in [0.25, 0.3) is 0 Å². The smallest absolute Gasteiger partial charge is 0.176 e. The molecule has 0 aliphatic rings. The first-order valence-corrected chi connectivity index (χ1v) is 6.08. The summed E-state index contributed by atoms with van der Waals surface area (Å²) < 4.78 is 18.3. The molecule has 0 aromatic heterocycles. The van der Waals surface area contributed by atoms with Crippen molar-refractivity contribution >= 4 is 5.78 Å². The van der Waals surface area contributed by atoms with E-state index in [0.717, 1.165) is 0 Å². The molecule has 0 heterocycles. The largest absolute Gasteiger partial charge is 0.494 e. The molecule has 0 atom stereocenters. The highest BCUT2D eigenvalue weighted by molar-refractivity contribution is 5.97. The lowest BCUT2D eigenvalue weighted by Gasteiger charge is -2.17. The summed E-state index contributed by atoms with van der Waals surface area (Å²) >= 11 is 0. The number of nitrogens with zero attached hydrogens (tertiary/aromatic N) is 2. The Morgan fingerprint density at radius 1 is 1.53 bits per heavy atom. The molecule has 1 aromatic rings. The first-order chi connectivity index (χ1) is 9.12. The minimum atomic E-state index is -0.548. The SMILES string of the molecule is CCN(CCC#N)CC(=O)c1ccc(OC)c(F)c1. The van der Waals surface area contributed by atoms with Crippen LogP contribution in [-0.2, 0) is 0 Å². The molecule has 0 N–H and O–H groups in total. The minimum absolute atomic E-state index is 0.119. The Kier molecular flexibility index (Phi) is 5.97. The fraction of sp³-hybridized carbons (Fsp3) is 0.429. The van der Waals surface area contributed by atoms with Crippen LogP contribution in [0.5, 0.6) is 5.75 Å². The van der Waals surface area contributed by atoms with Crippen molar-refractivity contribution in [2.75, 3.05) is 26.7 Å². The molecule has 0 unspecified atom stereocenters. The maximum Gasteiger partial charge on any atom is 0.176 e. The van der Waals surface area contributed by atoms with Crippen molar-refractivity contribution in [1.29, 1.82) is 5.26 Å². The predicted octanol–water partition coefficient (Wildman–Crippen LogP) is 2.25. The number of ether oxygens (including phenoxy) is 1. The van der Waals surface area contributed by atoms with Crippen LogP contribution in [-0.4, -0.2) is 37.4 Å². The van der Waals surface area contributed by atoms with Crippen LogP contribution in [0.2, 0.25) is 0 Å². The van der Waals surface area contributed by atoms with Crippen molar-refractivity contribution in [2.24, 2.45) is 0 Å². The second-order valence-corrected chi connectivity index (χ2v) is 4.05. The number of carbonyl (C=O) groups is 1. The molecule has 0 amide bonds. The van der Waals surface area contributed by atoms with Gasteiger partial charge in [-0.15, -0.1) is 0 Å². The molecule has 1 rings (SSSR count). The van der Waals surface area contributed by atoms with E-state index in [2.05, 4.69) is 0 Å². The predicted molar refractivity (Wildman–Crippen MR) is 69.6 cm³/mol. The van der Waals surface area contributed by atoms with Gasteiger partial charge < -0.3 is 4.74 Å². The van der Waals surface area contributed by atoms with Crippen molar-refractivity contribution in [3.05, 3.63) is 29.6 Å². The van der Waals surface area contributed by atoms with E-state index >= 15 is 0 Å². The number of Topliss-reactive ketones (excluding diaryl/α,β-unsaturated/α-hetero) is 1. The molecule has 1 aromatic carbocycles. The van der Waals surface area contributed by atoms with Gasteiger partial charge in [0, 0.05) is 18.5 Å². The van der Waals surface area contributed by atoms with E-state index in [0.29, 0.717) is 25.1 Å². The third-order valence-electron chi connectivity index (χ3n) is 2.83. The van der Waals surface area contributed by atoms with Gasteiger partial charge >= 0.3 is 0 Å². The molecular weight excluding hydrogens is 247 g/mol. The topological polar surface area (TPSA) is 53.3 Å². The molecule has 0 fully saturated rings. The third-order valence-corrected chi connectivity index (χ3v) is 2.83. The Bertz CT molecular complexity index is 483. The van der Waals surface area contributed by atoms with Gasteiger partial charge in [0.15, 0.2) is 17.3 Å². The molecule has 5 heteroatoms. The lowest BCUT2D eigenvalue weighted by atomic mass is 10.1. The second kappa shape index (κ2) is 7.49. The number of hydrogen-bond acceptors (Lipinski definition) is 4. The second-order valence-electron chi connectivity index (χ2n) is 4.05.